The highest BCUT2D eigenvalue weighted by molar-refractivity contribution is 6.30. The van der Waals surface area contributed by atoms with E-state index in [4.69, 9.17) is 16.3 Å². The zero-order valence-electron chi connectivity index (χ0n) is 16.6. The lowest BCUT2D eigenvalue weighted by Gasteiger charge is -2.24. The number of aromatic amines is 1. The molecule has 3 nitrogen and oxygen atoms in total. The summed E-state index contributed by atoms with van der Waals surface area (Å²) in [6.45, 7) is 3.95. The SMILES string of the molecule is CCCCOc1ccc2[nH]c3c(c2c1)CCCC3NCCc1ccc(Cl)cc1. The lowest BCUT2D eigenvalue weighted by molar-refractivity contribution is 0.310. The first-order valence-corrected chi connectivity index (χ1v) is 10.9. The number of halogens is 1. The fourth-order valence-corrected chi connectivity index (χ4v) is 4.24. The Labute approximate surface area is 172 Å². The summed E-state index contributed by atoms with van der Waals surface area (Å²) in [6.07, 6.45) is 6.82. The first-order valence-electron chi connectivity index (χ1n) is 10.5. The maximum atomic E-state index is 5.98. The molecule has 1 aliphatic rings. The zero-order valence-corrected chi connectivity index (χ0v) is 17.3. The number of aromatic nitrogens is 1. The van der Waals surface area contributed by atoms with Gasteiger partial charge in [0.05, 0.1) is 6.61 Å². The van der Waals surface area contributed by atoms with Gasteiger partial charge in [-0.3, -0.25) is 0 Å². The van der Waals surface area contributed by atoms with Crippen molar-refractivity contribution in [2.45, 2.75) is 51.5 Å². The van der Waals surface area contributed by atoms with Crippen molar-refractivity contribution in [1.82, 2.24) is 10.3 Å². The van der Waals surface area contributed by atoms with E-state index in [1.807, 2.05) is 12.1 Å². The summed E-state index contributed by atoms with van der Waals surface area (Å²) in [5, 5.41) is 5.89. The number of rotatable bonds is 8. The molecule has 4 heteroatoms. The normalized spacial score (nSPS) is 16.3. The lowest BCUT2D eigenvalue weighted by atomic mass is 9.91. The van der Waals surface area contributed by atoms with Gasteiger partial charge in [0.1, 0.15) is 5.75 Å². The highest BCUT2D eigenvalue weighted by atomic mass is 35.5. The molecule has 2 N–H and O–H groups in total. The topological polar surface area (TPSA) is 37.0 Å². The van der Waals surface area contributed by atoms with Crippen molar-refractivity contribution in [3.8, 4) is 5.75 Å². The van der Waals surface area contributed by atoms with Gasteiger partial charge in [-0.1, -0.05) is 37.1 Å². The van der Waals surface area contributed by atoms with Crippen molar-refractivity contribution in [3.63, 3.8) is 0 Å². The molecule has 0 spiro atoms. The molecule has 0 fully saturated rings. The molecule has 1 aliphatic carbocycles. The van der Waals surface area contributed by atoms with E-state index in [1.165, 1.54) is 40.6 Å². The summed E-state index contributed by atoms with van der Waals surface area (Å²) >= 11 is 5.98. The van der Waals surface area contributed by atoms with Crippen LogP contribution in [0, 0.1) is 0 Å². The van der Waals surface area contributed by atoms with Gasteiger partial charge in [-0.05, 0) is 80.1 Å². The van der Waals surface area contributed by atoms with Gasteiger partial charge >= 0.3 is 0 Å². The molecular weight excluding hydrogens is 368 g/mol. The Balaban J connectivity index is 1.45. The van der Waals surface area contributed by atoms with Crippen LogP contribution in [0.3, 0.4) is 0 Å². The van der Waals surface area contributed by atoms with E-state index in [9.17, 15) is 0 Å². The molecule has 3 aromatic rings. The molecule has 1 unspecified atom stereocenters. The molecule has 0 saturated heterocycles. The zero-order chi connectivity index (χ0) is 19.3. The second kappa shape index (κ2) is 9.02. The second-order valence-electron chi connectivity index (χ2n) is 7.70. The number of unbranched alkanes of at least 4 members (excludes halogenated alkanes) is 1. The summed E-state index contributed by atoms with van der Waals surface area (Å²) in [5.74, 6) is 0.987. The molecule has 0 radical (unpaired) electrons. The fraction of sp³-hybridized carbons (Fsp3) is 0.417. The van der Waals surface area contributed by atoms with Crippen LogP contribution in [-0.2, 0) is 12.8 Å². The molecular formula is C24H29ClN2O. The third kappa shape index (κ3) is 4.37. The summed E-state index contributed by atoms with van der Waals surface area (Å²) in [4.78, 5) is 3.68. The average molecular weight is 397 g/mol. The number of hydrogen-bond donors (Lipinski definition) is 2. The van der Waals surface area contributed by atoms with E-state index in [1.54, 1.807) is 0 Å². The monoisotopic (exact) mass is 396 g/mol. The van der Waals surface area contributed by atoms with E-state index in [2.05, 4.69) is 47.6 Å². The standard InChI is InChI=1S/C24H29ClN2O/c1-2-3-15-28-19-11-12-22-21(16-19)20-5-4-6-23(24(20)27-22)26-14-13-17-7-9-18(25)10-8-17/h7-12,16,23,26-27H,2-6,13-15H2,1H3. The Bertz CT molecular complexity index is 916. The van der Waals surface area contributed by atoms with Gasteiger partial charge in [0.25, 0.3) is 0 Å². The second-order valence-corrected chi connectivity index (χ2v) is 8.14. The van der Waals surface area contributed by atoms with Crippen molar-refractivity contribution < 1.29 is 4.74 Å². The van der Waals surface area contributed by atoms with Crippen molar-refractivity contribution in [2.24, 2.45) is 0 Å². The van der Waals surface area contributed by atoms with Gasteiger partial charge < -0.3 is 15.0 Å². The van der Waals surface area contributed by atoms with Crippen molar-refractivity contribution >= 4 is 22.5 Å². The van der Waals surface area contributed by atoms with Crippen LogP contribution in [0.5, 0.6) is 5.75 Å². The Kier molecular flexibility index (Phi) is 6.23. The van der Waals surface area contributed by atoms with Crippen LogP contribution < -0.4 is 10.1 Å². The number of nitrogens with one attached hydrogen (secondary N) is 2. The van der Waals surface area contributed by atoms with Gasteiger partial charge in [0, 0.05) is 27.7 Å². The minimum Gasteiger partial charge on any atom is -0.494 e. The minimum atomic E-state index is 0.396. The number of fused-ring (bicyclic) bond motifs is 3. The predicted molar refractivity (Wildman–Crippen MR) is 118 cm³/mol. The summed E-state index contributed by atoms with van der Waals surface area (Å²) < 4.78 is 5.93. The van der Waals surface area contributed by atoms with Gasteiger partial charge in [-0.15, -0.1) is 0 Å². The van der Waals surface area contributed by atoms with Gasteiger partial charge in [0.15, 0.2) is 0 Å². The van der Waals surface area contributed by atoms with E-state index in [0.717, 1.165) is 49.6 Å². The Morgan fingerprint density at radius 1 is 1.18 bits per heavy atom. The number of H-pyrrole nitrogens is 1. The van der Waals surface area contributed by atoms with Crippen LogP contribution >= 0.6 is 11.6 Å². The molecule has 0 bridgehead atoms. The highest BCUT2D eigenvalue weighted by Crippen LogP contribution is 2.36. The number of hydrogen-bond acceptors (Lipinski definition) is 2. The van der Waals surface area contributed by atoms with Crippen LogP contribution in [0.15, 0.2) is 42.5 Å². The van der Waals surface area contributed by atoms with Crippen LogP contribution in [0.4, 0.5) is 0 Å². The largest absolute Gasteiger partial charge is 0.494 e. The molecule has 28 heavy (non-hydrogen) atoms. The Hall–Kier alpha value is -1.97. The number of aryl methyl sites for hydroxylation is 1. The molecule has 148 valence electrons. The minimum absolute atomic E-state index is 0.396. The predicted octanol–water partition coefficient (Wildman–Crippen LogP) is 6.21. The average Bonchev–Trinajstić information content (AvgIpc) is 3.09. The molecule has 1 heterocycles. The Morgan fingerprint density at radius 3 is 2.86 bits per heavy atom. The first-order chi connectivity index (χ1) is 13.7. The fourth-order valence-electron chi connectivity index (χ4n) is 4.11. The van der Waals surface area contributed by atoms with E-state index in [0.29, 0.717) is 6.04 Å². The molecule has 0 aliphatic heterocycles. The smallest absolute Gasteiger partial charge is 0.120 e. The van der Waals surface area contributed by atoms with Gasteiger partial charge in [-0.2, -0.15) is 0 Å². The first kappa shape index (κ1) is 19.4. The molecule has 0 saturated carbocycles. The number of benzene rings is 2. The van der Waals surface area contributed by atoms with Crippen molar-refractivity contribution in [1.29, 1.82) is 0 Å². The summed E-state index contributed by atoms with van der Waals surface area (Å²) in [7, 11) is 0. The molecule has 4 rings (SSSR count). The Morgan fingerprint density at radius 2 is 2.04 bits per heavy atom. The van der Waals surface area contributed by atoms with Crippen LogP contribution in [0.1, 0.15) is 55.5 Å². The summed E-state index contributed by atoms with van der Waals surface area (Å²) in [5.41, 5.74) is 5.37. The van der Waals surface area contributed by atoms with Crippen LogP contribution in [0.25, 0.3) is 10.9 Å². The van der Waals surface area contributed by atoms with E-state index >= 15 is 0 Å². The molecule has 2 aromatic carbocycles. The maximum absolute atomic E-state index is 5.98. The molecule has 1 aromatic heterocycles. The molecule has 1 atom stereocenters. The highest BCUT2D eigenvalue weighted by Gasteiger charge is 2.24. The third-order valence-electron chi connectivity index (χ3n) is 5.66. The lowest BCUT2D eigenvalue weighted by Crippen LogP contribution is -2.27. The maximum Gasteiger partial charge on any atom is 0.120 e. The van der Waals surface area contributed by atoms with Crippen molar-refractivity contribution in [2.75, 3.05) is 13.2 Å². The van der Waals surface area contributed by atoms with Crippen LogP contribution in [-0.4, -0.2) is 18.1 Å². The van der Waals surface area contributed by atoms with Gasteiger partial charge in [-0.25, -0.2) is 0 Å². The van der Waals surface area contributed by atoms with Crippen LogP contribution in [0.2, 0.25) is 5.02 Å². The van der Waals surface area contributed by atoms with Gasteiger partial charge in [0.2, 0.25) is 0 Å². The quantitative estimate of drug-likeness (QED) is 0.444. The number of ether oxygens (including phenoxy) is 1. The third-order valence-corrected chi connectivity index (χ3v) is 5.91. The van der Waals surface area contributed by atoms with Crippen molar-refractivity contribution in [3.05, 3.63) is 64.3 Å². The van der Waals surface area contributed by atoms with E-state index < -0.39 is 0 Å². The van der Waals surface area contributed by atoms with E-state index in [-0.39, 0.29) is 0 Å². The summed E-state index contributed by atoms with van der Waals surface area (Å²) in [6, 6.07) is 15.0. The molecule has 0 amide bonds.